The molecule has 0 spiro atoms. The van der Waals surface area contributed by atoms with Crippen molar-refractivity contribution >= 4 is 39.5 Å². The number of halogens is 1. The molecule has 0 aliphatic carbocycles. The van der Waals surface area contributed by atoms with Crippen molar-refractivity contribution in [3.05, 3.63) is 56.9 Å². The number of nitrogens with one attached hydrogen (secondary N) is 1. The molecule has 2 nitrogen and oxygen atoms in total. The summed E-state index contributed by atoms with van der Waals surface area (Å²) in [5.74, 6) is 0. The van der Waals surface area contributed by atoms with Crippen LogP contribution >= 0.6 is 22.9 Å². The third-order valence-electron chi connectivity index (χ3n) is 3.54. The topological polar surface area (TPSA) is 24.9 Å². The van der Waals surface area contributed by atoms with Gasteiger partial charge in [-0.2, -0.15) is 0 Å². The highest BCUT2D eigenvalue weighted by atomic mass is 35.5. The van der Waals surface area contributed by atoms with Gasteiger partial charge >= 0.3 is 0 Å². The van der Waals surface area contributed by atoms with Crippen LogP contribution in [0.15, 0.2) is 36.5 Å². The van der Waals surface area contributed by atoms with Crippen molar-refractivity contribution in [2.75, 3.05) is 5.32 Å². The van der Waals surface area contributed by atoms with E-state index in [4.69, 9.17) is 11.6 Å². The summed E-state index contributed by atoms with van der Waals surface area (Å²) in [5, 5.41) is 5.30. The van der Waals surface area contributed by atoms with Gasteiger partial charge in [0.1, 0.15) is 0 Å². The molecule has 108 valence electrons. The summed E-state index contributed by atoms with van der Waals surface area (Å²) in [6.07, 6.45) is 2.91. The zero-order valence-electron chi connectivity index (χ0n) is 12.1. The SMILES string of the molecule is CCc1ccc(CNc2c(Cl)cc(C)c3ncccc23)s1. The van der Waals surface area contributed by atoms with Crippen LogP contribution in [0.5, 0.6) is 0 Å². The largest absolute Gasteiger partial charge is 0.378 e. The Morgan fingerprint density at radius 1 is 1.24 bits per heavy atom. The second-order valence-corrected chi connectivity index (χ2v) is 6.69. The summed E-state index contributed by atoms with van der Waals surface area (Å²) < 4.78 is 0. The number of anilines is 1. The summed E-state index contributed by atoms with van der Waals surface area (Å²) in [6.45, 7) is 5.01. The molecule has 0 aliphatic heterocycles. The predicted octanol–water partition coefficient (Wildman–Crippen LogP) is 5.43. The smallest absolute Gasteiger partial charge is 0.0752 e. The van der Waals surface area contributed by atoms with E-state index in [0.717, 1.165) is 40.1 Å². The average molecular weight is 317 g/mol. The number of thiophene rings is 1. The number of pyridine rings is 1. The molecule has 0 saturated carbocycles. The van der Waals surface area contributed by atoms with E-state index in [2.05, 4.69) is 35.4 Å². The number of fused-ring (bicyclic) bond motifs is 1. The average Bonchev–Trinajstić information content (AvgIpc) is 2.95. The van der Waals surface area contributed by atoms with E-state index in [-0.39, 0.29) is 0 Å². The van der Waals surface area contributed by atoms with Gasteiger partial charge in [-0.25, -0.2) is 0 Å². The molecule has 0 fully saturated rings. The third kappa shape index (κ3) is 2.89. The molecule has 0 unspecified atom stereocenters. The van der Waals surface area contributed by atoms with Gasteiger partial charge in [0.15, 0.2) is 0 Å². The maximum atomic E-state index is 6.42. The monoisotopic (exact) mass is 316 g/mol. The molecule has 0 aliphatic rings. The van der Waals surface area contributed by atoms with Crippen molar-refractivity contribution in [1.82, 2.24) is 4.98 Å². The van der Waals surface area contributed by atoms with Crippen LogP contribution in [-0.4, -0.2) is 4.98 Å². The minimum atomic E-state index is 0.750. The standard InChI is InChI=1S/C17H17ClN2S/c1-3-12-6-7-13(21-12)10-20-17-14-5-4-8-19-16(14)11(2)9-15(17)18/h4-9,20H,3,10H2,1-2H3. The zero-order valence-corrected chi connectivity index (χ0v) is 13.7. The first-order valence-electron chi connectivity index (χ1n) is 7.04. The number of aromatic nitrogens is 1. The molecule has 0 saturated heterocycles. The molecule has 0 radical (unpaired) electrons. The lowest BCUT2D eigenvalue weighted by atomic mass is 10.1. The Hall–Kier alpha value is -1.58. The van der Waals surface area contributed by atoms with E-state index < -0.39 is 0 Å². The lowest BCUT2D eigenvalue weighted by molar-refractivity contribution is 1.19. The number of rotatable bonds is 4. The van der Waals surface area contributed by atoms with Gasteiger partial charge in [0, 0.05) is 27.9 Å². The Morgan fingerprint density at radius 2 is 2.05 bits per heavy atom. The van der Waals surface area contributed by atoms with Crippen LogP contribution in [0.1, 0.15) is 22.2 Å². The summed E-state index contributed by atoms with van der Waals surface area (Å²) in [4.78, 5) is 7.19. The van der Waals surface area contributed by atoms with Crippen molar-refractivity contribution in [3.63, 3.8) is 0 Å². The summed E-state index contributed by atoms with van der Waals surface area (Å²) >= 11 is 8.27. The van der Waals surface area contributed by atoms with Gasteiger partial charge in [0.25, 0.3) is 0 Å². The van der Waals surface area contributed by atoms with Gasteiger partial charge in [0.2, 0.25) is 0 Å². The van der Waals surface area contributed by atoms with Crippen molar-refractivity contribution in [2.45, 2.75) is 26.8 Å². The Labute approximate surface area is 133 Å². The molecule has 2 aromatic heterocycles. The van der Waals surface area contributed by atoms with E-state index in [1.807, 2.05) is 36.6 Å². The van der Waals surface area contributed by atoms with Crippen molar-refractivity contribution < 1.29 is 0 Å². The van der Waals surface area contributed by atoms with Gasteiger partial charge < -0.3 is 5.32 Å². The molecule has 0 bridgehead atoms. The first kappa shape index (κ1) is 14.4. The van der Waals surface area contributed by atoms with Crippen LogP contribution in [0.25, 0.3) is 10.9 Å². The minimum Gasteiger partial charge on any atom is -0.378 e. The molecule has 1 aromatic carbocycles. The molecule has 2 heterocycles. The Balaban J connectivity index is 1.93. The molecule has 4 heteroatoms. The van der Waals surface area contributed by atoms with E-state index in [9.17, 15) is 0 Å². The number of hydrogen-bond acceptors (Lipinski definition) is 3. The first-order valence-corrected chi connectivity index (χ1v) is 8.23. The molecule has 21 heavy (non-hydrogen) atoms. The maximum absolute atomic E-state index is 6.42. The fourth-order valence-electron chi connectivity index (χ4n) is 2.44. The molecule has 1 N–H and O–H groups in total. The van der Waals surface area contributed by atoms with E-state index in [1.54, 1.807) is 0 Å². The summed E-state index contributed by atoms with van der Waals surface area (Å²) in [6, 6.07) is 10.4. The second-order valence-electron chi connectivity index (χ2n) is 5.02. The summed E-state index contributed by atoms with van der Waals surface area (Å²) in [5.41, 5.74) is 3.08. The molecule has 0 atom stereocenters. The Morgan fingerprint density at radius 3 is 2.81 bits per heavy atom. The highest BCUT2D eigenvalue weighted by Crippen LogP contribution is 2.33. The predicted molar refractivity (Wildman–Crippen MR) is 92.5 cm³/mol. The highest BCUT2D eigenvalue weighted by Gasteiger charge is 2.10. The second kappa shape index (κ2) is 6.04. The third-order valence-corrected chi connectivity index (χ3v) is 5.07. The molecular weight excluding hydrogens is 300 g/mol. The van der Waals surface area contributed by atoms with Crippen LogP contribution < -0.4 is 5.32 Å². The molecule has 0 amide bonds. The number of aryl methyl sites for hydroxylation is 2. The Kier molecular flexibility index (Phi) is 4.13. The van der Waals surface area contributed by atoms with E-state index in [1.165, 1.54) is 9.75 Å². The van der Waals surface area contributed by atoms with Crippen molar-refractivity contribution in [3.8, 4) is 0 Å². The number of hydrogen-bond donors (Lipinski definition) is 1. The number of nitrogens with zero attached hydrogens (tertiary/aromatic N) is 1. The fourth-order valence-corrected chi connectivity index (χ4v) is 3.67. The quantitative estimate of drug-likeness (QED) is 0.694. The number of benzene rings is 1. The molecular formula is C17H17ClN2S. The van der Waals surface area contributed by atoms with Gasteiger partial charge in [-0.1, -0.05) is 18.5 Å². The molecule has 3 aromatic rings. The first-order chi connectivity index (χ1) is 10.2. The molecule has 3 rings (SSSR count). The van der Waals surface area contributed by atoms with Crippen molar-refractivity contribution in [1.29, 1.82) is 0 Å². The normalized spacial score (nSPS) is 11.0. The van der Waals surface area contributed by atoms with Crippen LogP contribution in [0.4, 0.5) is 5.69 Å². The van der Waals surface area contributed by atoms with Gasteiger partial charge in [-0.3, -0.25) is 4.98 Å². The van der Waals surface area contributed by atoms with Gasteiger partial charge in [0.05, 0.1) is 16.2 Å². The Bertz CT molecular complexity index is 780. The lowest BCUT2D eigenvalue weighted by Gasteiger charge is -2.12. The minimum absolute atomic E-state index is 0.750. The highest BCUT2D eigenvalue weighted by molar-refractivity contribution is 7.12. The lowest BCUT2D eigenvalue weighted by Crippen LogP contribution is -2.00. The maximum Gasteiger partial charge on any atom is 0.0752 e. The van der Waals surface area contributed by atoms with Gasteiger partial charge in [-0.05, 0) is 49.2 Å². The van der Waals surface area contributed by atoms with E-state index >= 15 is 0 Å². The van der Waals surface area contributed by atoms with Crippen LogP contribution in [0.2, 0.25) is 5.02 Å². The van der Waals surface area contributed by atoms with Crippen LogP contribution in [0, 0.1) is 6.92 Å². The fraction of sp³-hybridized carbons (Fsp3) is 0.235. The summed E-state index contributed by atoms with van der Waals surface area (Å²) in [7, 11) is 0. The van der Waals surface area contributed by atoms with E-state index in [0.29, 0.717) is 0 Å². The van der Waals surface area contributed by atoms with Gasteiger partial charge in [-0.15, -0.1) is 11.3 Å². The van der Waals surface area contributed by atoms with Crippen LogP contribution in [-0.2, 0) is 13.0 Å². The van der Waals surface area contributed by atoms with Crippen molar-refractivity contribution in [2.24, 2.45) is 0 Å². The zero-order chi connectivity index (χ0) is 14.8. The van der Waals surface area contributed by atoms with Crippen LogP contribution in [0.3, 0.4) is 0 Å².